The molecule has 0 aliphatic heterocycles. The number of carbonyl (C=O) groups is 2. The average Bonchev–Trinajstić information content (AvgIpc) is 2.77. The molecule has 2 amide bonds. The van der Waals surface area contributed by atoms with Crippen LogP contribution in [0.2, 0.25) is 0 Å². The second-order valence-electron chi connectivity index (χ2n) is 8.21. The van der Waals surface area contributed by atoms with E-state index in [1.807, 2.05) is 12.1 Å². The number of nitrogens with one attached hydrogen (secondary N) is 1. The lowest BCUT2D eigenvalue weighted by molar-refractivity contribution is -0.140. The zero-order chi connectivity index (χ0) is 23.7. The van der Waals surface area contributed by atoms with E-state index in [-0.39, 0.29) is 19.0 Å². The number of rotatable bonds is 11. The molecular formula is C23H35N3O5S. The second kappa shape index (κ2) is 12.0. The summed E-state index contributed by atoms with van der Waals surface area (Å²) in [5, 5.41) is 2.93. The van der Waals surface area contributed by atoms with Crippen molar-refractivity contribution in [2.75, 3.05) is 33.5 Å². The van der Waals surface area contributed by atoms with Crippen molar-refractivity contribution >= 4 is 21.8 Å². The first-order valence-corrected chi connectivity index (χ1v) is 12.8. The van der Waals surface area contributed by atoms with Gasteiger partial charge in [-0.1, -0.05) is 23.8 Å². The van der Waals surface area contributed by atoms with E-state index in [0.717, 1.165) is 35.4 Å². The number of sulfonamides is 1. The van der Waals surface area contributed by atoms with Gasteiger partial charge in [-0.05, 0) is 56.7 Å². The van der Waals surface area contributed by atoms with Gasteiger partial charge in [0.2, 0.25) is 21.8 Å². The predicted octanol–water partition coefficient (Wildman–Crippen LogP) is 2.31. The van der Waals surface area contributed by atoms with Crippen LogP contribution >= 0.6 is 0 Å². The van der Waals surface area contributed by atoms with E-state index in [2.05, 4.69) is 11.4 Å². The van der Waals surface area contributed by atoms with Crippen molar-refractivity contribution in [2.24, 2.45) is 0 Å². The number of carbonyl (C=O) groups excluding carboxylic acids is 2. The molecule has 0 heterocycles. The molecule has 0 bridgehead atoms. The number of methoxy groups -OCH3 is 1. The Morgan fingerprint density at radius 3 is 2.44 bits per heavy atom. The van der Waals surface area contributed by atoms with Gasteiger partial charge in [0.15, 0.2) is 0 Å². The maximum Gasteiger partial charge on any atom is 0.242 e. The first-order valence-electron chi connectivity index (χ1n) is 10.9. The minimum absolute atomic E-state index is 0.181. The van der Waals surface area contributed by atoms with Crippen LogP contribution in [0, 0.1) is 0 Å². The van der Waals surface area contributed by atoms with E-state index in [1.165, 1.54) is 30.4 Å². The zero-order valence-electron chi connectivity index (χ0n) is 19.5. The van der Waals surface area contributed by atoms with E-state index in [1.54, 1.807) is 26.2 Å². The first-order chi connectivity index (χ1) is 15.1. The third-order valence-corrected chi connectivity index (χ3v) is 7.00. The van der Waals surface area contributed by atoms with Crippen LogP contribution in [-0.4, -0.2) is 69.0 Å². The van der Waals surface area contributed by atoms with Crippen molar-refractivity contribution in [3.8, 4) is 5.75 Å². The molecule has 32 heavy (non-hydrogen) atoms. The van der Waals surface area contributed by atoms with E-state index in [9.17, 15) is 18.0 Å². The van der Waals surface area contributed by atoms with Gasteiger partial charge in [-0.15, -0.1) is 0 Å². The Bertz CT molecular complexity index is 912. The minimum atomic E-state index is -3.52. The molecule has 1 aromatic carbocycles. The monoisotopic (exact) mass is 465 g/mol. The van der Waals surface area contributed by atoms with Crippen molar-refractivity contribution in [1.82, 2.24) is 14.5 Å². The number of hydrogen-bond donors (Lipinski definition) is 1. The summed E-state index contributed by atoms with van der Waals surface area (Å²) < 4.78 is 29.7. The quantitative estimate of drug-likeness (QED) is 0.506. The molecule has 1 N–H and O–H groups in total. The minimum Gasteiger partial charge on any atom is -0.497 e. The van der Waals surface area contributed by atoms with Crippen LogP contribution in [0.5, 0.6) is 5.75 Å². The highest BCUT2D eigenvalue weighted by atomic mass is 32.2. The van der Waals surface area contributed by atoms with Crippen molar-refractivity contribution < 1.29 is 22.7 Å². The van der Waals surface area contributed by atoms with Crippen LogP contribution in [0.25, 0.3) is 0 Å². The van der Waals surface area contributed by atoms with E-state index in [0.29, 0.717) is 12.3 Å². The summed E-state index contributed by atoms with van der Waals surface area (Å²) in [6, 6.07) is 6.45. The van der Waals surface area contributed by atoms with E-state index < -0.39 is 22.0 Å². The van der Waals surface area contributed by atoms with Crippen molar-refractivity contribution in [3.63, 3.8) is 0 Å². The van der Waals surface area contributed by atoms with Gasteiger partial charge in [-0.2, -0.15) is 4.31 Å². The van der Waals surface area contributed by atoms with Crippen LogP contribution in [0.3, 0.4) is 0 Å². The Kier molecular flexibility index (Phi) is 9.71. The molecule has 1 atom stereocenters. The van der Waals surface area contributed by atoms with Gasteiger partial charge in [0.25, 0.3) is 0 Å². The summed E-state index contributed by atoms with van der Waals surface area (Å²) in [7, 11) is -0.604. The summed E-state index contributed by atoms with van der Waals surface area (Å²) in [5.74, 6) is -0.0112. The molecule has 0 fully saturated rings. The fourth-order valence-electron chi connectivity index (χ4n) is 3.53. The van der Waals surface area contributed by atoms with Gasteiger partial charge in [-0.25, -0.2) is 8.42 Å². The Hall–Kier alpha value is -2.39. The zero-order valence-corrected chi connectivity index (χ0v) is 20.3. The van der Waals surface area contributed by atoms with Gasteiger partial charge in [0.1, 0.15) is 11.8 Å². The number of hydrogen-bond acceptors (Lipinski definition) is 5. The number of amides is 2. The number of allylic oxidation sites excluding steroid dienone is 1. The lowest BCUT2D eigenvalue weighted by Crippen LogP contribution is -2.50. The number of nitrogens with zero attached hydrogens (tertiary/aromatic N) is 2. The Morgan fingerprint density at radius 1 is 1.19 bits per heavy atom. The molecule has 1 aliphatic rings. The van der Waals surface area contributed by atoms with Crippen LogP contribution in [0.1, 0.15) is 44.6 Å². The maximum absolute atomic E-state index is 13.0. The average molecular weight is 466 g/mol. The number of likely N-dealkylation sites (N-methyl/N-ethyl adjacent to an activating group) is 1. The summed E-state index contributed by atoms with van der Waals surface area (Å²) in [5.41, 5.74) is 2.18. The summed E-state index contributed by atoms with van der Waals surface area (Å²) in [6.45, 7) is 2.03. The van der Waals surface area contributed by atoms with Gasteiger partial charge in [0.05, 0.1) is 19.9 Å². The second-order valence-corrected chi connectivity index (χ2v) is 10.3. The van der Waals surface area contributed by atoms with Crippen LogP contribution in [-0.2, 0) is 26.2 Å². The summed E-state index contributed by atoms with van der Waals surface area (Å²) >= 11 is 0. The molecule has 0 spiro atoms. The molecule has 0 saturated carbocycles. The van der Waals surface area contributed by atoms with Gasteiger partial charge >= 0.3 is 0 Å². The molecule has 2 rings (SSSR count). The molecule has 0 unspecified atom stereocenters. The van der Waals surface area contributed by atoms with Crippen LogP contribution in [0.15, 0.2) is 35.9 Å². The topological polar surface area (TPSA) is 96.0 Å². The Morgan fingerprint density at radius 2 is 1.88 bits per heavy atom. The Balaban J connectivity index is 2.08. The van der Waals surface area contributed by atoms with E-state index in [4.69, 9.17) is 4.74 Å². The third kappa shape index (κ3) is 7.94. The first kappa shape index (κ1) is 25.9. The predicted molar refractivity (Wildman–Crippen MR) is 125 cm³/mol. The normalized spacial score (nSPS) is 15.1. The molecule has 9 heteroatoms. The highest BCUT2D eigenvalue weighted by Gasteiger charge is 2.28. The van der Waals surface area contributed by atoms with Crippen molar-refractivity contribution in [3.05, 3.63) is 41.5 Å². The van der Waals surface area contributed by atoms with Crippen LogP contribution in [0.4, 0.5) is 0 Å². The molecule has 1 aromatic rings. The summed E-state index contributed by atoms with van der Waals surface area (Å²) in [4.78, 5) is 27.2. The Labute approximate surface area is 191 Å². The van der Waals surface area contributed by atoms with E-state index >= 15 is 0 Å². The van der Waals surface area contributed by atoms with Gasteiger partial charge in [0, 0.05) is 20.1 Å². The maximum atomic E-state index is 13.0. The molecule has 0 saturated heterocycles. The SMILES string of the molecule is COc1ccc(CN(C(=O)CN(C)S(C)(=O)=O)[C@H](C)C(=O)NCCC2=CCCCC2)cc1. The molecule has 0 radical (unpaired) electrons. The fraction of sp³-hybridized carbons (Fsp3) is 0.565. The molecular weight excluding hydrogens is 430 g/mol. The third-order valence-electron chi connectivity index (χ3n) is 5.73. The molecule has 1 aliphatic carbocycles. The highest BCUT2D eigenvalue weighted by Crippen LogP contribution is 2.19. The van der Waals surface area contributed by atoms with Crippen molar-refractivity contribution in [1.29, 1.82) is 0 Å². The molecule has 178 valence electrons. The van der Waals surface area contributed by atoms with Crippen molar-refractivity contribution in [2.45, 2.75) is 51.6 Å². The standard InChI is InChI=1S/C23H35N3O5S/c1-18(23(28)24-15-14-19-8-6-5-7-9-19)26(22(27)17-25(2)32(4,29)30)16-20-10-12-21(31-3)13-11-20/h8,10-13,18H,5-7,9,14-17H2,1-4H3,(H,24,28)/t18-/m1/s1. The highest BCUT2D eigenvalue weighted by molar-refractivity contribution is 7.88. The lowest BCUT2D eigenvalue weighted by atomic mass is 9.97. The lowest BCUT2D eigenvalue weighted by Gasteiger charge is -2.30. The smallest absolute Gasteiger partial charge is 0.242 e. The largest absolute Gasteiger partial charge is 0.497 e. The molecule has 8 nitrogen and oxygen atoms in total. The fourth-order valence-corrected chi connectivity index (χ4v) is 3.88. The summed E-state index contributed by atoms with van der Waals surface area (Å²) in [6.07, 6.45) is 8.68. The number of benzene rings is 1. The van der Waals surface area contributed by atoms with Crippen LogP contribution < -0.4 is 10.1 Å². The number of ether oxygens (including phenoxy) is 1. The van der Waals surface area contributed by atoms with Gasteiger partial charge < -0.3 is 15.0 Å². The molecule has 0 aromatic heterocycles. The van der Waals surface area contributed by atoms with Gasteiger partial charge in [-0.3, -0.25) is 9.59 Å².